The largest absolute Gasteiger partial charge is 0.338 e. The summed E-state index contributed by atoms with van der Waals surface area (Å²) in [5, 5.41) is 3.82. The Morgan fingerprint density at radius 1 is 1.32 bits per heavy atom. The first-order valence-corrected chi connectivity index (χ1v) is 7.56. The second-order valence-electron chi connectivity index (χ2n) is 4.40. The molecule has 0 unspecified atom stereocenters. The van der Waals surface area contributed by atoms with Crippen LogP contribution < -0.4 is 5.73 Å². The summed E-state index contributed by atoms with van der Waals surface area (Å²) in [6, 6.07) is 3.20. The van der Waals surface area contributed by atoms with Crippen molar-refractivity contribution in [3.8, 4) is 11.4 Å². The number of aryl methyl sites for hydroxylation is 1. The molecule has 2 aromatic rings. The summed E-state index contributed by atoms with van der Waals surface area (Å²) >= 11 is 0. The molecule has 0 amide bonds. The van der Waals surface area contributed by atoms with E-state index in [4.69, 9.17) is 10.3 Å². The molecule has 2 N–H and O–H groups in total. The van der Waals surface area contributed by atoms with Crippen LogP contribution in [0.15, 0.2) is 21.6 Å². The third kappa shape index (κ3) is 2.66. The first kappa shape index (κ1) is 13.7. The van der Waals surface area contributed by atoms with Gasteiger partial charge in [0.1, 0.15) is 0 Å². The van der Waals surface area contributed by atoms with Crippen LogP contribution in [0, 0.1) is 13.8 Å². The van der Waals surface area contributed by atoms with Gasteiger partial charge in [0.05, 0.1) is 11.4 Å². The molecular formula is C12H15N3O3S. The number of nitrogens with two attached hydrogens (primary N) is 1. The van der Waals surface area contributed by atoms with E-state index in [0.29, 0.717) is 17.3 Å². The Bertz CT molecular complexity index is 720. The maximum Gasteiger partial charge on any atom is 0.240 e. The van der Waals surface area contributed by atoms with Gasteiger partial charge in [0, 0.05) is 11.8 Å². The van der Waals surface area contributed by atoms with E-state index in [2.05, 4.69) is 10.1 Å². The second-order valence-corrected chi connectivity index (χ2v) is 6.42. The summed E-state index contributed by atoms with van der Waals surface area (Å²) < 4.78 is 28.3. The number of rotatable bonds is 3. The van der Waals surface area contributed by atoms with Crippen LogP contribution in [0.4, 0.5) is 0 Å². The maximum atomic E-state index is 11.7. The van der Waals surface area contributed by atoms with Crippen molar-refractivity contribution >= 4 is 9.84 Å². The molecular weight excluding hydrogens is 266 g/mol. The number of aromatic nitrogens is 2. The highest BCUT2D eigenvalue weighted by Gasteiger charge is 2.16. The van der Waals surface area contributed by atoms with E-state index < -0.39 is 9.84 Å². The van der Waals surface area contributed by atoms with Gasteiger partial charge in [-0.1, -0.05) is 5.16 Å². The SMILES string of the molecule is Cc1cc(S(C)(=O)=O)cc(-c2noc(CN)n2)c1C. The van der Waals surface area contributed by atoms with Gasteiger partial charge in [-0.25, -0.2) is 8.42 Å². The van der Waals surface area contributed by atoms with Crippen LogP contribution in [-0.2, 0) is 16.4 Å². The fourth-order valence-electron chi connectivity index (χ4n) is 1.72. The maximum absolute atomic E-state index is 11.7. The van der Waals surface area contributed by atoms with Crippen molar-refractivity contribution in [2.45, 2.75) is 25.3 Å². The monoisotopic (exact) mass is 281 g/mol. The average Bonchev–Trinajstić information content (AvgIpc) is 2.79. The second kappa shape index (κ2) is 4.75. The molecule has 0 aliphatic heterocycles. The quantitative estimate of drug-likeness (QED) is 0.908. The molecule has 0 radical (unpaired) electrons. The normalized spacial score (nSPS) is 11.8. The van der Waals surface area contributed by atoms with Gasteiger partial charge in [-0.2, -0.15) is 4.98 Å². The highest BCUT2D eigenvalue weighted by Crippen LogP contribution is 2.27. The van der Waals surface area contributed by atoms with Crippen LogP contribution in [0.5, 0.6) is 0 Å². The number of nitrogens with zero attached hydrogens (tertiary/aromatic N) is 2. The predicted octanol–water partition coefficient (Wildman–Crippen LogP) is 1.22. The smallest absolute Gasteiger partial charge is 0.240 e. The Hall–Kier alpha value is -1.73. The van der Waals surface area contributed by atoms with Crippen molar-refractivity contribution in [3.05, 3.63) is 29.2 Å². The van der Waals surface area contributed by atoms with E-state index in [-0.39, 0.29) is 11.4 Å². The van der Waals surface area contributed by atoms with Crippen LogP contribution in [0.25, 0.3) is 11.4 Å². The van der Waals surface area contributed by atoms with Crippen molar-refractivity contribution in [1.29, 1.82) is 0 Å². The zero-order valence-corrected chi connectivity index (χ0v) is 11.8. The summed E-state index contributed by atoms with van der Waals surface area (Å²) in [5.41, 5.74) is 7.83. The first-order valence-electron chi connectivity index (χ1n) is 5.67. The van der Waals surface area contributed by atoms with Crippen LogP contribution >= 0.6 is 0 Å². The fourth-order valence-corrected chi connectivity index (χ4v) is 2.44. The molecule has 6 nitrogen and oxygen atoms in total. The van der Waals surface area contributed by atoms with Crippen LogP contribution in [0.1, 0.15) is 17.0 Å². The van der Waals surface area contributed by atoms with Crippen LogP contribution in [0.3, 0.4) is 0 Å². The Labute approximate surface area is 111 Å². The molecule has 2 rings (SSSR count). The molecule has 0 bridgehead atoms. The number of hydrogen-bond donors (Lipinski definition) is 1. The number of benzene rings is 1. The molecule has 0 aliphatic rings. The minimum atomic E-state index is -3.28. The standard InChI is InChI=1S/C12H15N3O3S/c1-7-4-9(19(3,16)17)5-10(8(7)2)12-14-11(6-13)18-15-12/h4-5H,6,13H2,1-3H3. The minimum Gasteiger partial charge on any atom is -0.338 e. The molecule has 0 spiro atoms. The lowest BCUT2D eigenvalue weighted by Gasteiger charge is -2.08. The van der Waals surface area contributed by atoms with Gasteiger partial charge in [0.15, 0.2) is 9.84 Å². The summed E-state index contributed by atoms with van der Waals surface area (Å²) in [7, 11) is -3.28. The lowest BCUT2D eigenvalue weighted by atomic mass is 10.0. The topological polar surface area (TPSA) is 99.1 Å². The van der Waals surface area contributed by atoms with Crippen molar-refractivity contribution < 1.29 is 12.9 Å². The van der Waals surface area contributed by atoms with Crippen LogP contribution in [0.2, 0.25) is 0 Å². The molecule has 102 valence electrons. The van der Waals surface area contributed by atoms with Crippen LogP contribution in [-0.4, -0.2) is 24.8 Å². The molecule has 1 aromatic heterocycles. The van der Waals surface area contributed by atoms with E-state index in [9.17, 15) is 8.42 Å². The van der Waals surface area contributed by atoms with Crippen molar-refractivity contribution in [2.75, 3.05) is 6.26 Å². The Kier molecular flexibility index (Phi) is 3.42. The lowest BCUT2D eigenvalue weighted by Crippen LogP contribution is -2.01. The molecule has 0 fully saturated rings. The van der Waals surface area contributed by atoms with Gasteiger partial charge in [0.2, 0.25) is 11.7 Å². The zero-order chi connectivity index (χ0) is 14.2. The predicted molar refractivity (Wildman–Crippen MR) is 70.2 cm³/mol. The van der Waals surface area contributed by atoms with E-state index in [1.807, 2.05) is 13.8 Å². The minimum absolute atomic E-state index is 0.150. The summed E-state index contributed by atoms with van der Waals surface area (Å²) in [5.74, 6) is 0.670. The van der Waals surface area contributed by atoms with E-state index in [1.165, 1.54) is 6.26 Å². The Balaban J connectivity index is 2.65. The van der Waals surface area contributed by atoms with Crippen molar-refractivity contribution in [3.63, 3.8) is 0 Å². The van der Waals surface area contributed by atoms with Crippen molar-refractivity contribution in [2.24, 2.45) is 5.73 Å². The number of hydrogen-bond acceptors (Lipinski definition) is 6. The van der Waals surface area contributed by atoms with Gasteiger partial charge in [0.25, 0.3) is 0 Å². The highest BCUT2D eigenvalue weighted by atomic mass is 32.2. The fraction of sp³-hybridized carbons (Fsp3) is 0.333. The van der Waals surface area contributed by atoms with Gasteiger partial charge in [-0.15, -0.1) is 0 Å². The summed E-state index contributed by atoms with van der Waals surface area (Å²) in [6.45, 7) is 3.88. The average molecular weight is 281 g/mol. The molecule has 0 atom stereocenters. The molecule has 1 aromatic carbocycles. The third-order valence-corrected chi connectivity index (χ3v) is 4.04. The van der Waals surface area contributed by atoms with Gasteiger partial charge < -0.3 is 10.3 Å². The lowest BCUT2D eigenvalue weighted by molar-refractivity contribution is 0.380. The summed E-state index contributed by atoms with van der Waals surface area (Å²) in [6.07, 6.45) is 1.17. The molecule has 0 saturated heterocycles. The van der Waals surface area contributed by atoms with E-state index >= 15 is 0 Å². The van der Waals surface area contributed by atoms with Gasteiger partial charge in [-0.05, 0) is 37.1 Å². The van der Waals surface area contributed by atoms with E-state index in [1.54, 1.807) is 12.1 Å². The molecule has 0 aliphatic carbocycles. The molecule has 19 heavy (non-hydrogen) atoms. The molecule has 7 heteroatoms. The van der Waals surface area contributed by atoms with Crippen molar-refractivity contribution in [1.82, 2.24) is 10.1 Å². The Morgan fingerprint density at radius 2 is 2.00 bits per heavy atom. The zero-order valence-electron chi connectivity index (χ0n) is 11.0. The van der Waals surface area contributed by atoms with Gasteiger partial charge >= 0.3 is 0 Å². The third-order valence-electron chi connectivity index (χ3n) is 2.95. The molecule has 0 saturated carbocycles. The first-order chi connectivity index (χ1) is 8.82. The highest BCUT2D eigenvalue weighted by molar-refractivity contribution is 7.90. The summed E-state index contributed by atoms with van der Waals surface area (Å²) in [4.78, 5) is 4.37. The molecule has 1 heterocycles. The van der Waals surface area contributed by atoms with E-state index in [0.717, 1.165) is 11.1 Å². The Morgan fingerprint density at radius 3 is 2.53 bits per heavy atom. The van der Waals surface area contributed by atoms with Gasteiger partial charge in [-0.3, -0.25) is 0 Å². The number of sulfone groups is 1.